The predicted octanol–water partition coefficient (Wildman–Crippen LogP) is 3.60. The molecule has 24 heavy (non-hydrogen) atoms. The topological polar surface area (TPSA) is 49.2 Å². The van der Waals surface area contributed by atoms with Gasteiger partial charge >= 0.3 is 6.61 Å². The van der Waals surface area contributed by atoms with E-state index in [1.54, 1.807) is 56.2 Å². The molecule has 0 saturated carbocycles. The number of benzene rings is 1. The highest BCUT2D eigenvalue weighted by Crippen LogP contribution is 2.31. The van der Waals surface area contributed by atoms with Gasteiger partial charge in [0.2, 0.25) is 0 Å². The molecule has 0 aliphatic rings. The minimum absolute atomic E-state index is 0.0210. The van der Waals surface area contributed by atoms with Gasteiger partial charge in [-0.25, -0.2) is 9.97 Å². The van der Waals surface area contributed by atoms with Crippen molar-refractivity contribution in [1.82, 2.24) is 14.5 Å². The second-order valence-corrected chi connectivity index (χ2v) is 4.99. The summed E-state index contributed by atoms with van der Waals surface area (Å²) in [4.78, 5) is 8.46. The summed E-state index contributed by atoms with van der Waals surface area (Å²) >= 11 is 0. The van der Waals surface area contributed by atoms with E-state index in [1.165, 1.54) is 6.07 Å². The van der Waals surface area contributed by atoms with E-state index in [-0.39, 0.29) is 5.75 Å². The molecule has 7 heteroatoms. The highest BCUT2D eigenvalue weighted by atomic mass is 19.3. The first kappa shape index (κ1) is 15.9. The van der Waals surface area contributed by atoms with Crippen LogP contribution in [0.1, 0.15) is 5.69 Å². The first-order chi connectivity index (χ1) is 11.7. The van der Waals surface area contributed by atoms with Gasteiger partial charge in [-0.15, -0.1) is 0 Å². The Balaban J connectivity index is 2.01. The molecular weight excluding hydrogens is 316 g/mol. The number of nitrogens with zero attached hydrogens (tertiary/aromatic N) is 3. The Morgan fingerprint density at radius 3 is 2.79 bits per heavy atom. The van der Waals surface area contributed by atoms with Crippen LogP contribution in [0.2, 0.25) is 0 Å². The monoisotopic (exact) mass is 331 g/mol. The summed E-state index contributed by atoms with van der Waals surface area (Å²) in [6, 6.07) is 10.2. The van der Waals surface area contributed by atoms with E-state index in [4.69, 9.17) is 4.74 Å². The van der Waals surface area contributed by atoms with E-state index < -0.39 is 6.61 Å². The number of alkyl halides is 2. The van der Waals surface area contributed by atoms with Crippen LogP contribution in [-0.2, 0) is 6.54 Å². The lowest BCUT2D eigenvalue weighted by molar-refractivity contribution is -0.0496. The quantitative estimate of drug-likeness (QED) is 0.692. The minimum Gasteiger partial charge on any atom is -0.497 e. The Bertz CT molecular complexity index is 807. The summed E-state index contributed by atoms with van der Waals surface area (Å²) in [5, 5.41) is 0. The fourth-order valence-corrected chi connectivity index (χ4v) is 2.31. The lowest BCUT2D eigenvalue weighted by atomic mass is 10.1. The average Bonchev–Trinajstić information content (AvgIpc) is 3.09. The molecule has 0 aliphatic heterocycles. The molecule has 3 aromatic rings. The molecule has 2 heterocycles. The van der Waals surface area contributed by atoms with E-state index >= 15 is 0 Å². The highest BCUT2D eigenvalue weighted by Gasteiger charge is 2.14. The predicted molar refractivity (Wildman–Crippen MR) is 84.2 cm³/mol. The third-order valence-corrected chi connectivity index (χ3v) is 3.38. The van der Waals surface area contributed by atoms with E-state index in [0.717, 1.165) is 0 Å². The van der Waals surface area contributed by atoms with Gasteiger partial charge in [-0.3, -0.25) is 0 Å². The Hall–Kier alpha value is -2.96. The Kier molecular flexibility index (Phi) is 4.69. The van der Waals surface area contributed by atoms with Crippen molar-refractivity contribution in [1.29, 1.82) is 0 Å². The smallest absolute Gasteiger partial charge is 0.387 e. The number of imidazole rings is 1. The van der Waals surface area contributed by atoms with Gasteiger partial charge < -0.3 is 14.0 Å². The molecular formula is C17H15F2N3O2. The largest absolute Gasteiger partial charge is 0.497 e. The Labute approximate surface area is 137 Å². The van der Waals surface area contributed by atoms with E-state index in [9.17, 15) is 8.78 Å². The van der Waals surface area contributed by atoms with Crippen molar-refractivity contribution in [3.05, 3.63) is 60.8 Å². The van der Waals surface area contributed by atoms with Gasteiger partial charge in [-0.05, 0) is 24.3 Å². The van der Waals surface area contributed by atoms with Crippen LogP contribution in [0.15, 0.2) is 55.1 Å². The molecule has 124 valence electrons. The van der Waals surface area contributed by atoms with Gasteiger partial charge in [-0.1, -0.05) is 12.1 Å². The number of hydrogen-bond acceptors (Lipinski definition) is 4. The molecule has 0 spiro atoms. The molecule has 5 nitrogen and oxygen atoms in total. The first-order valence-corrected chi connectivity index (χ1v) is 7.20. The molecule has 2 aromatic heterocycles. The lowest BCUT2D eigenvalue weighted by Gasteiger charge is -2.13. The van der Waals surface area contributed by atoms with Crippen LogP contribution in [0, 0.1) is 0 Å². The van der Waals surface area contributed by atoms with Crippen molar-refractivity contribution in [3.8, 4) is 22.8 Å². The van der Waals surface area contributed by atoms with Crippen LogP contribution in [0.3, 0.4) is 0 Å². The fraction of sp³-hybridized carbons (Fsp3) is 0.176. The summed E-state index contributed by atoms with van der Waals surface area (Å²) in [6.45, 7) is -2.44. The summed E-state index contributed by atoms with van der Waals surface area (Å²) in [5.74, 6) is 0.630. The molecule has 0 fully saturated rings. The number of halogens is 2. The van der Waals surface area contributed by atoms with Gasteiger partial charge in [0.05, 0.1) is 25.7 Å². The van der Waals surface area contributed by atoms with Crippen molar-refractivity contribution < 1.29 is 18.3 Å². The van der Waals surface area contributed by atoms with Crippen LogP contribution in [-0.4, -0.2) is 28.3 Å². The molecule has 0 N–H and O–H groups in total. The molecule has 3 rings (SSSR count). The van der Waals surface area contributed by atoms with Gasteiger partial charge in [0.15, 0.2) is 5.75 Å². The summed E-state index contributed by atoms with van der Waals surface area (Å²) in [6.07, 6.45) is 5.13. The average molecular weight is 331 g/mol. The van der Waals surface area contributed by atoms with Crippen LogP contribution in [0.25, 0.3) is 11.3 Å². The normalized spacial score (nSPS) is 10.8. The van der Waals surface area contributed by atoms with Crippen molar-refractivity contribution in [2.45, 2.75) is 13.2 Å². The summed E-state index contributed by atoms with van der Waals surface area (Å²) < 4.78 is 37.0. The molecule has 0 amide bonds. The van der Waals surface area contributed by atoms with E-state index in [1.807, 2.05) is 4.57 Å². The molecule has 0 unspecified atom stereocenters. The number of rotatable bonds is 6. The molecule has 0 aliphatic carbocycles. The SMILES string of the molecule is COc1cccc(-c2nc(Cn3ccnc3)ccc2OC(F)F)c1. The zero-order chi connectivity index (χ0) is 16.9. The molecule has 1 aromatic carbocycles. The van der Waals surface area contributed by atoms with Crippen molar-refractivity contribution in [2.24, 2.45) is 0 Å². The van der Waals surface area contributed by atoms with Crippen LogP contribution < -0.4 is 9.47 Å². The lowest BCUT2D eigenvalue weighted by Crippen LogP contribution is -2.06. The van der Waals surface area contributed by atoms with Gasteiger partial charge in [0.25, 0.3) is 0 Å². The number of hydrogen-bond donors (Lipinski definition) is 0. The summed E-state index contributed by atoms with van der Waals surface area (Å²) in [5.41, 5.74) is 1.68. The van der Waals surface area contributed by atoms with Crippen molar-refractivity contribution >= 4 is 0 Å². The zero-order valence-corrected chi connectivity index (χ0v) is 12.9. The van der Waals surface area contributed by atoms with Crippen LogP contribution in [0.5, 0.6) is 11.5 Å². The Morgan fingerprint density at radius 2 is 2.08 bits per heavy atom. The molecule has 0 bridgehead atoms. The maximum atomic E-state index is 12.7. The molecule has 0 radical (unpaired) electrons. The molecule has 0 saturated heterocycles. The zero-order valence-electron chi connectivity index (χ0n) is 12.9. The number of methoxy groups -OCH3 is 1. The van der Waals surface area contributed by atoms with Gasteiger partial charge in [-0.2, -0.15) is 8.78 Å². The molecule has 0 atom stereocenters. The Morgan fingerprint density at radius 1 is 1.21 bits per heavy atom. The van der Waals surface area contributed by atoms with Crippen molar-refractivity contribution in [2.75, 3.05) is 7.11 Å². The first-order valence-electron chi connectivity index (χ1n) is 7.20. The highest BCUT2D eigenvalue weighted by molar-refractivity contribution is 5.67. The standard InChI is InChI=1S/C17H15F2N3O2/c1-23-14-4-2-3-12(9-14)16-15(24-17(18)19)6-5-13(21-16)10-22-8-7-20-11-22/h2-9,11,17H,10H2,1H3. The maximum absolute atomic E-state index is 12.7. The van der Waals surface area contributed by atoms with Gasteiger partial charge in [0, 0.05) is 18.0 Å². The minimum atomic E-state index is -2.92. The van der Waals surface area contributed by atoms with Crippen molar-refractivity contribution in [3.63, 3.8) is 0 Å². The van der Waals surface area contributed by atoms with Gasteiger partial charge in [0.1, 0.15) is 11.4 Å². The fourth-order valence-electron chi connectivity index (χ4n) is 2.31. The number of ether oxygens (including phenoxy) is 2. The van der Waals surface area contributed by atoms with Crippen LogP contribution >= 0.6 is 0 Å². The summed E-state index contributed by atoms with van der Waals surface area (Å²) in [7, 11) is 1.54. The van der Waals surface area contributed by atoms with E-state index in [2.05, 4.69) is 14.7 Å². The maximum Gasteiger partial charge on any atom is 0.387 e. The third-order valence-electron chi connectivity index (χ3n) is 3.38. The second kappa shape index (κ2) is 7.08. The van der Waals surface area contributed by atoms with E-state index in [0.29, 0.717) is 29.2 Å². The number of pyridine rings is 1. The van der Waals surface area contributed by atoms with Crippen LogP contribution in [0.4, 0.5) is 8.78 Å². The second-order valence-electron chi connectivity index (χ2n) is 4.99. The third kappa shape index (κ3) is 3.68. The number of aromatic nitrogens is 3.